The molecule has 2 amide bonds. The molecule has 0 radical (unpaired) electrons. The number of nitrogens with one attached hydrogen (secondary N) is 1. The summed E-state index contributed by atoms with van der Waals surface area (Å²) in [7, 11) is 5.06. The topological polar surface area (TPSA) is 93.9 Å². The second-order valence-corrected chi connectivity index (χ2v) is 7.22. The van der Waals surface area contributed by atoms with Crippen molar-refractivity contribution >= 4 is 28.2 Å². The summed E-state index contributed by atoms with van der Waals surface area (Å²) < 4.78 is 10.4. The van der Waals surface area contributed by atoms with Crippen LogP contribution in [-0.2, 0) is 13.0 Å². The lowest BCUT2D eigenvalue weighted by Crippen LogP contribution is -2.27. The highest BCUT2D eigenvalue weighted by atomic mass is 32.1. The van der Waals surface area contributed by atoms with E-state index in [4.69, 9.17) is 15.2 Å². The van der Waals surface area contributed by atoms with Crippen molar-refractivity contribution in [2.75, 3.05) is 33.1 Å². The second-order valence-electron chi connectivity index (χ2n) is 6.12. The molecule has 138 valence electrons. The van der Waals surface area contributed by atoms with E-state index in [0.29, 0.717) is 27.6 Å². The summed E-state index contributed by atoms with van der Waals surface area (Å²) >= 11 is 1.40. The summed E-state index contributed by atoms with van der Waals surface area (Å²) in [5, 5.41) is 3.32. The fourth-order valence-corrected chi connectivity index (χ4v) is 4.32. The van der Waals surface area contributed by atoms with Gasteiger partial charge in [0.25, 0.3) is 11.8 Å². The molecule has 1 aromatic heterocycles. The van der Waals surface area contributed by atoms with Crippen molar-refractivity contribution in [3.05, 3.63) is 39.8 Å². The molecule has 0 bridgehead atoms. The van der Waals surface area contributed by atoms with Crippen molar-refractivity contribution in [1.29, 1.82) is 0 Å². The number of amides is 2. The number of benzene rings is 1. The maximum Gasteiger partial charge on any atom is 0.256 e. The minimum Gasteiger partial charge on any atom is -0.497 e. The van der Waals surface area contributed by atoms with Gasteiger partial charge in [-0.3, -0.25) is 9.59 Å². The SMILES string of the molecule is COc1cc(OC)cc(C(=O)Nc2sc3c(c2C(N)=O)CCN(C)C3)c1. The van der Waals surface area contributed by atoms with E-state index in [-0.39, 0.29) is 5.91 Å². The standard InChI is InChI=1S/C18H21N3O4S/c1-21-5-4-13-14(9-21)26-18(15(13)16(19)22)20-17(23)10-6-11(24-2)8-12(7-10)25-3/h6-8H,4-5,9H2,1-3H3,(H2,19,22)(H,20,23). The first-order valence-electron chi connectivity index (χ1n) is 8.10. The first-order valence-corrected chi connectivity index (χ1v) is 8.92. The second kappa shape index (κ2) is 7.35. The predicted octanol–water partition coefficient (Wildman–Crippen LogP) is 2.10. The molecule has 3 rings (SSSR count). The number of carbonyl (C=O) groups excluding carboxylic acids is 2. The van der Waals surface area contributed by atoms with Crippen LogP contribution in [0, 0.1) is 0 Å². The Morgan fingerprint density at radius 3 is 2.42 bits per heavy atom. The molecule has 1 aliphatic rings. The molecule has 0 unspecified atom stereocenters. The van der Waals surface area contributed by atoms with Gasteiger partial charge in [-0.1, -0.05) is 0 Å². The van der Waals surface area contributed by atoms with E-state index in [1.54, 1.807) is 18.2 Å². The monoisotopic (exact) mass is 375 g/mol. The number of carbonyl (C=O) groups is 2. The van der Waals surface area contributed by atoms with Crippen LogP contribution in [0.15, 0.2) is 18.2 Å². The fourth-order valence-electron chi connectivity index (χ4n) is 2.99. The van der Waals surface area contributed by atoms with E-state index in [9.17, 15) is 9.59 Å². The average Bonchev–Trinajstić information content (AvgIpc) is 2.97. The van der Waals surface area contributed by atoms with Crippen molar-refractivity contribution in [1.82, 2.24) is 4.90 Å². The first-order chi connectivity index (χ1) is 12.4. The predicted molar refractivity (Wildman–Crippen MR) is 100 cm³/mol. The quantitative estimate of drug-likeness (QED) is 0.835. The molecule has 7 nitrogen and oxygen atoms in total. The van der Waals surface area contributed by atoms with Gasteiger partial charge in [0.1, 0.15) is 16.5 Å². The number of hydrogen-bond acceptors (Lipinski definition) is 6. The molecular weight excluding hydrogens is 354 g/mol. The lowest BCUT2D eigenvalue weighted by molar-refractivity contribution is 0.1000. The molecule has 2 heterocycles. The molecule has 26 heavy (non-hydrogen) atoms. The Kier molecular flexibility index (Phi) is 5.15. The van der Waals surface area contributed by atoms with E-state index >= 15 is 0 Å². The highest BCUT2D eigenvalue weighted by Gasteiger charge is 2.27. The van der Waals surface area contributed by atoms with Crippen LogP contribution in [0.4, 0.5) is 5.00 Å². The molecule has 0 aliphatic carbocycles. The molecule has 3 N–H and O–H groups in total. The third-order valence-corrected chi connectivity index (χ3v) is 5.47. The van der Waals surface area contributed by atoms with Crippen LogP contribution in [0.3, 0.4) is 0 Å². The molecule has 0 saturated heterocycles. The number of primary amides is 1. The number of thiophene rings is 1. The summed E-state index contributed by atoms with van der Waals surface area (Å²) in [5.41, 5.74) is 7.32. The Morgan fingerprint density at radius 1 is 1.19 bits per heavy atom. The van der Waals surface area contributed by atoms with Crippen molar-refractivity contribution in [3.63, 3.8) is 0 Å². The van der Waals surface area contributed by atoms with Crippen LogP contribution in [0.25, 0.3) is 0 Å². The fraction of sp³-hybridized carbons (Fsp3) is 0.333. The number of fused-ring (bicyclic) bond motifs is 1. The van der Waals surface area contributed by atoms with Gasteiger partial charge in [0, 0.05) is 29.6 Å². The molecule has 8 heteroatoms. The zero-order valence-electron chi connectivity index (χ0n) is 14.9. The van der Waals surface area contributed by atoms with Gasteiger partial charge in [0.15, 0.2) is 0 Å². The van der Waals surface area contributed by atoms with E-state index < -0.39 is 5.91 Å². The molecule has 0 fully saturated rings. The number of likely N-dealkylation sites (N-methyl/N-ethyl adjacent to an activating group) is 1. The van der Waals surface area contributed by atoms with Crippen LogP contribution < -0.4 is 20.5 Å². The van der Waals surface area contributed by atoms with Gasteiger partial charge in [0.05, 0.1) is 19.8 Å². The smallest absolute Gasteiger partial charge is 0.256 e. The van der Waals surface area contributed by atoms with Gasteiger partial charge in [-0.25, -0.2) is 0 Å². The largest absolute Gasteiger partial charge is 0.497 e. The summed E-state index contributed by atoms with van der Waals surface area (Å²) in [6.07, 6.45) is 0.740. The van der Waals surface area contributed by atoms with Crippen LogP contribution in [0.2, 0.25) is 0 Å². The molecule has 1 aromatic carbocycles. The summed E-state index contributed by atoms with van der Waals surface area (Å²) in [5.74, 6) is 0.149. The van der Waals surface area contributed by atoms with Gasteiger partial charge in [-0.05, 0) is 31.2 Å². The Hall–Kier alpha value is -2.58. The van der Waals surface area contributed by atoms with Crippen molar-refractivity contribution in [3.8, 4) is 11.5 Å². The van der Waals surface area contributed by atoms with Crippen LogP contribution in [0.5, 0.6) is 11.5 Å². The van der Waals surface area contributed by atoms with E-state index in [1.165, 1.54) is 25.6 Å². The van der Waals surface area contributed by atoms with E-state index in [1.807, 2.05) is 7.05 Å². The maximum atomic E-state index is 12.7. The van der Waals surface area contributed by atoms with E-state index in [2.05, 4.69) is 10.2 Å². The number of hydrogen-bond donors (Lipinski definition) is 2. The minimum absolute atomic E-state index is 0.350. The number of ether oxygens (including phenoxy) is 2. The number of methoxy groups -OCH3 is 2. The summed E-state index contributed by atoms with van der Waals surface area (Å²) in [6, 6.07) is 4.91. The van der Waals surface area contributed by atoms with Crippen LogP contribution >= 0.6 is 11.3 Å². The lowest BCUT2D eigenvalue weighted by Gasteiger charge is -2.22. The molecule has 0 saturated carbocycles. The Labute approximate surface area is 155 Å². The number of rotatable bonds is 5. The lowest BCUT2D eigenvalue weighted by atomic mass is 10.0. The average molecular weight is 375 g/mol. The van der Waals surface area contributed by atoms with Gasteiger partial charge >= 0.3 is 0 Å². The Bertz CT molecular complexity index is 840. The van der Waals surface area contributed by atoms with Gasteiger partial charge in [-0.15, -0.1) is 11.3 Å². The zero-order chi connectivity index (χ0) is 18.8. The maximum absolute atomic E-state index is 12.7. The number of anilines is 1. The van der Waals surface area contributed by atoms with Gasteiger partial charge < -0.3 is 25.4 Å². The summed E-state index contributed by atoms with van der Waals surface area (Å²) in [6.45, 7) is 1.59. The highest BCUT2D eigenvalue weighted by Crippen LogP contribution is 2.37. The molecular formula is C18H21N3O4S. The number of nitrogens with zero attached hydrogens (tertiary/aromatic N) is 1. The zero-order valence-corrected chi connectivity index (χ0v) is 15.7. The molecule has 2 aromatic rings. The van der Waals surface area contributed by atoms with Crippen molar-refractivity contribution < 1.29 is 19.1 Å². The molecule has 0 atom stereocenters. The van der Waals surface area contributed by atoms with Crippen molar-refractivity contribution in [2.24, 2.45) is 5.73 Å². The third kappa shape index (κ3) is 3.51. The van der Waals surface area contributed by atoms with E-state index in [0.717, 1.165) is 30.0 Å². The molecule has 1 aliphatic heterocycles. The Morgan fingerprint density at radius 2 is 1.85 bits per heavy atom. The van der Waals surface area contributed by atoms with Crippen LogP contribution in [-0.4, -0.2) is 44.5 Å². The number of nitrogens with two attached hydrogens (primary N) is 1. The highest BCUT2D eigenvalue weighted by molar-refractivity contribution is 7.17. The van der Waals surface area contributed by atoms with Gasteiger partial charge in [0.2, 0.25) is 0 Å². The third-order valence-electron chi connectivity index (χ3n) is 4.33. The van der Waals surface area contributed by atoms with Crippen molar-refractivity contribution in [2.45, 2.75) is 13.0 Å². The normalized spacial score (nSPS) is 13.8. The molecule has 0 spiro atoms. The minimum atomic E-state index is -0.523. The summed E-state index contributed by atoms with van der Waals surface area (Å²) in [4.78, 5) is 27.9. The van der Waals surface area contributed by atoms with Crippen LogP contribution in [0.1, 0.15) is 31.2 Å². The Balaban J connectivity index is 1.94. The first kappa shape index (κ1) is 18.2. The van der Waals surface area contributed by atoms with Gasteiger partial charge in [-0.2, -0.15) is 0 Å².